The van der Waals surface area contributed by atoms with Gasteiger partial charge in [-0.2, -0.15) is 0 Å². The molecular formula is C9H13N3O2. The van der Waals surface area contributed by atoms with Crippen LogP contribution in [0.2, 0.25) is 0 Å². The molecule has 14 heavy (non-hydrogen) atoms. The molecule has 0 amide bonds. The Kier molecular flexibility index (Phi) is 1.68. The summed E-state index contributed by atoms with van der Waals surface area (Å²) in [5.74, 6) is -0.999. The normalized spacial score (nSPS) is 28.8. The highest BCUT2D eigenvalue weighted by Crippen LogP contribution is 2.64. The first-order chi connectivity index (χ1) is 6.46. The van der Waals surface area contributed by atoms with E-state index in [9.17, 15) is 4.79 Å². The maximum absolute atomic E-state index is 10.9. The third kappa shape index (κ3) is 1.05. The fourth-order valence-electron chi connectivity index (χ4n) is 2.23. The number of carboxylic acids is 1. The summed E-state index contributed by atoms with van der Waals surface area (Å²) in [6.45, 7) is 3.92. The van der Waals surface area contributed by atoms with E-state index < -0.39 is 5.97 Å². The van der Waals surface area contributed by atoms with Crippen molar-refractivity contribution in [2.75, 3.05) is 0 Å². The number of carbonyl (C=O) groups is 1. The number of aliphatic carboxylic acids is 1. The third-order valence-corrected chi connectivity index (χ3v) is 3.16. The third-order valence-electron chi connectivity index (χ3n) is 3.16. The Morgan fingerprint density at radius 3 is 2.64 bits per heavy atom. The number of rotatable bonds is 2. The SMILES string of the molecule is Cn1nncc1C1C(C(=O)O)C1(C)C. The molecule has 1 heterocycles. The van der Waals surface area contributed by atoms with Crippen molar-refractivity contribution in [3.63, 3.8) is 0 Å². The van der Waals surface area contributed by atoms with Crippen molar-refractivity contribution < 1.29 is 9.90 Å². The van der Waals surface area contributed by atoms with Gasteiger partial charge in [-0.1, -0.05) is 19.1 Å². The van der Waals surface area contributed by atoms with Gasteiger partial charge in [0.1, 0.15) is 0 Å². The highest BCUT2D eigenvalue weighted by Gasteiger charge is 2.63. The fraction of sp³-hybridized carbons (Fsp3) is 0.667. The lowest BCUT2D eigenvalue weighted by atomic mass is 10.1. The second-order valence-electron chi connectivity index (χ2n) is 4.40. The number of hydrogen-bond acceptors (Lipinski definition) is 3. The lowest BCUT2D eigenvalue weighted by molar-refractivity contribution is -0.139. The Morgan fingerprint density at radius 2 is 2.29 bits per heavy atom. The van der Waals surface area contributed by atoms with Crippen molar-refractivity contribution in [1.82, 2.24) is 15.0 Å². The van der Waals surface area contributed by atoms with E-state index in [0.29, 0.717) is 0 Å². The predicted molar refractivity (Wildman–Crippen MR) is 48.7 cm³/mol. The fourth-order valence-corrected chi connectivity index (χ4v) is 2.23. The van der Waals surface area contributed by atoms with Crippen LogP contribution >= 0.6 is 0 Å². The highest BCUT2D eigenvalue weighted by molar-refractivity contribution is 5.77. The molecule has 0 aliphatic heterocycles. The van der Waals surface area contributed by atoms with E-state index in [4.69, 9.17) is 5.11 Å². The molecule has 0 aromatic carbocycles. The van der Waals surface area contributed by atoms with Crippen molar-refractivity contribution in [2.24, 2.45) is 18.4 Å². The molecule has 0 spiro atoms. The summed E-state index contributed by atoms with van der Waals surface area (Å²) in [5.41, 5.74) is 0.726. The summed E-state index contributed by atoms with van der Waals surface area (Å²) in [5, 5.41) is 16.6. The van der Waals surface area contributed by atoms with Gasteiger partial charge in [-0.05, 0) is 5.41 Å². The standard InChI is InChI=1S/C9H13N3O2/c1-9(2)6(7(9)8(13)14)5-4-10-11-12(5)3/h4,6-7H,1-3H3,(H,13,14). The number of aryl methyl sites for hydroxylation is 1. The predicted octanol–water partition coefficient (Wildman–Crippen LogP) is 0.639. The molecule has 2 unspecified atom stereocenters. The highest BCUT2D eigenvalue weighted by atomic mass is 16.4. The summed E-state index contributed by atoms with van der Waals surface area (Å²) in [4.78, 5) is 10.9. The van der Waals surface area contributed by atoms with Crippen LogP contribution in [-0.4, -0.2) is 26.1 Å². The van der Waals surface area contributed by atoms with Gasteiger partial charge >= 0.3 is 5.97 Å². The number of hydrogen-bond donors (Lipinski definition) is 1. The summed E-state index contributed by atoms with van der Waals surface area (Å²) in [6.07, 6.45) is 1.65. The molecule has 76 valence electrons. The molecule has 2 rings (SSSR count). The van der Waals surface area contributed by atoms with Crippen molar-refractivity contribution in [3.8, 4) is 0 Å². The quantitative estimate of drug-likeness (QED) is 0.751. The second-order valence-corrected chi connectivity index (χ2v) is 4.40. The van der Waals surface area contributed by atoms with Gasteiger partial charge in [-0.15, -0.1) is 5.10 Å². The van der Waals surface area contributed by atoms with Crippen LogP contribution < -0.4 is 0 Å². The van der Waals surface area contributed by atoms with Gasteiger partial charge in [-0.25, -0.2) is 0 Å². The van der Waals surface area contributed by atoms with Crippen LogP contribution in [-0.2, 0) is 11.8 Å². The number of carboxylic acid groups (broad SMARTS) is 1. The summed E-state index contributed by atoms with van der Waals surface area (Å²) >= 11 is 0. The summed E-state index contributed by atoms with van der Waals surface area (Å²) < 4.78 is 1.65. The second kappa shape index (κ2) is 2.56. The van der Waals surface area contributed by atoms with Gasteiger partial charge in [-0.3, -0.25) is 9.48 Å². The minimum atomic E-state index is -0.735. The zero-order valence-electron chi connectivity index (χ0n) is 8.43. The minimum absolute atomic E-state index is 0.0417. The average molecular weight is 195 g/mol. The van der Waals surface area contributed by atoms with Gasteiger partial charge in [0.05, 0.1) is 17.8 Å². The number of aromatic nitrogens is 3. The van der Waals surface area contributed by atoms with E-state index in [1.165, 1.54) is 0 Å². The summed E-state index contributed by atoms with van der Waals surface area (Å²) in [7, 11) is 1.79. The Hall–Kier alpha value is -1.39. The Balaban J connectivity index is 2.32. The Bertz CT molecular complexity index is 383. The molecule has 1 aromatic heterocycles. The number of nitrogens with zero attached hydrogens (tertiary/aromatic N) is 3. The molecule has 0 bridgehead atoms. The van der Waals surface area contributed by atoms with Crippen LogP contribution in [0, 0.1) is 11.3 Å². The molecule has 0 radical (unpaired) electrons. The zero-order chi connectivity index (χ0) is 10.5. The van der Waals surface area contributed by atoms with Crippen LogP contribution in [0.25, 0.3) is 0 Å². The Morgan fingerprint density at radius 1 is 1.64 bits per heavy atom. The first-order valence-electron chi connectivity index (χ1n) is 4.53. The van der Waals surface area contributed by atoms with Gasteiger partial charge in [0.2, 0.25) is 0 Å². The minimum Gasteiger partial charge on any atom is -0.481 e. The van der Waals surface area contributed by atoms with Gasteiger partial charge in [0, 0.05) is 13.0 Å². The molecule has 1 aliphatic rings. The van der Waals surface area contributed by atoms with Crippen molar-refractivity contribution in [2.45, 2.75) is 19.8 Å². The lowest BCUT2D eigenvalue weighted by Crippen LogP contribution is -2.03. The van der Waals surface area contributed by atoms with E-state index in [1.54, 1.807) is 17.9 Å². The van der Waals surface area contributed by atoms with E-state index in [0.717, 1.165) is 5.69 Å². The van der Waals surface area contributed by atoms with Crippen molar-refractivity contribution >= 4 is 5.97 Å². The molecule has 2 atom stereocenters. The largest absolute Gasteiger partial charge is 0.481 e. The van der Waals surface area contributed by atoms with E-state index in [2.05, 4.69) is 10.3 Å². The first kappa shape index (κ1) is 9.18. The summed E-state index contributed by atoms with van der Waals surface area (Å²) in [6, 6.07) is 0. The topological polar surface area (TPSA) is 68.0 Å². The molecule has 0 saturated heterocycles. The van der Waals surface area contributed by atoms with Crippen molar-refractivity contribution in [3.05, 3.63) is 11.9 Å². The van der Waals surface area contributed by atoms with Crippen LogP contribution in [0.5, 0.6) is 0 Å². The zero-order valence-corrected chi connectivity index (χ0v) is 8.43. The molecule has 5 heteroatoms. The molecule has 1 N–H and O–H groups in total. The maximum Gasteiger partial charge on any atom is 0.307 e. The molecule has 1 aliphatic carbocycles. The maximum atomic E-state index is 10.9. The van der Waals surface area contributed by atoms with Crippen LogP contribution in [0.3, 0.4) is 0 Å². The van der Waals surface area contributed by atoms with Gasteiger partial charge in [0.15, 0.2) is 0 Å². The molecule has 1 saturated carbocycles. The van der Waals surface area contributed by atoms with Crippen LogP contribution in [0.4, 0.5) is 0 Å². The monoisotopic (exact) mass is 195 g/mol. The van der Waals surface area contributed by atoms with E-state index >= 15 is 0 Å². The van der Waals surface area contributed by atoms with Crippen molar-refractivity contribution in [1.29, 1.82) is 0 Å². The molecular weight excluding hydrogens is 182 g/mol. The van der Waals surface area contributed by atoms with Crippen LogP contribution in [0.15, 0.2) is 6.20 Å². The van der Waals surface area contributed by atoms with E-state index in [1.807, 2.05) is 13.8 Å². The molecule has 1 fully saturated rings. The van der Waals surface area contributed by atoms with E-state index in [-0.39, 0.29) is 17.3 Å². The Labute approximate surface area is 81.7 Å². The smallest absolute Gasteiger partial charge is 0.307 e. The van der Waals surface area contributed by atoms with Crippen LogP contribution in [0.1, 0.15) is 25.5 Å². The average Bonchev–Trinajstić information content (AvgIpc) is 2.42. The lowest BCUT2D eigenvalue weighted by Gasteiger charge is -2.00. The first-order valence-corrected chi connectivity index (χ1v) is 4.53. The van der Waals surface area contributed by atoms with Gasteiger partial charge in [0.25, 0.3) is 0 Å². The molecule has 5 nitrogen and oxygen atoms in total. The molecule has 1 aromatic rings. The van der Waals surface area contributed by atoms with Gasteiger partial charge < -0.3 is 5.11 Å².